The molecule has 6 heteroatoms. The van der Waals surface area contributed by atoms with Crippen LogP contribution < -0.4 is 0 Å². The zero-order valence-corrected chi connectivity index (χ0v) is 10.8. The molecule has 0 radical (unpaired) electrons. The Bertz CT molecular complexity index is 516. The third-order valence-corrected chi connectivity index (χ3v) is 4.06. The van der Waals surface area contributed by atoms with Crippen molar-refractivity contribution in [3.8, 4) is 0 Å². The molecule has 0 atom stereocenters. The van der Waals surface area contributed by atoms with Gasteiger partial charge >= 0.3 is 0 Å². The smallest absolute Gasteiger partial charge is 0.174 e. The first kappa shape index (κ1) is 12.5. The first-order valence-electron chi connectivity index (χ1n) is 5.12. The van der Waals surface area contributed by atoms with Crippen LogP contribution in [0, 0.1) is 5.82 Å². The molecular formula is C11H11FN2OS2. The van der Waals surface area contributed by atoms with E-state index in [2.05, 4.69) is 9.36 Å². The lowest BCUT2D eigenvalue weighted by atomic mass is 10.2. The Kier molecular flexibility index (Phi) is 4.09. The van der Waals surface area contributed by atoms with Crippen LogP contribution in [0.15, 0.2) is 27.4 Å². The fourth-order valence-corrected chi connectivity index (χ4v) is 3.05. The highest BCUT2D eigenvalue weighted by Crippen LogP contribution is 2.32. The van der Waals surface area contributed by atoms with E-state index in [0.29, 0.717) is 5.56 Å². The van der Waals surface area contributed by atoms with Gasteiger partial charge in [0, 0.05) is 11.3 Å². The average Bonchev–Trinajstić information content (AvgIpc) is 2.79. The zero-order chi connectivity index (χ0) is 12.3. The molecule has 0 unspecified atom stereocenters. The molecule has 90 valence electrons. The summed E-state index contributed by atoms with van der Waals surface area (Å²) in [6, 6.07) is 4.37. The second-order valence-corrected chi connectivity index (χ2v) is 5.38. The van der Waals surface area contributed by atoms with E-state index in [-0.39, 0.29) is 12.4 Å². The minimum Gasteiger partial charge on any atom is -0.392 e. The van der Waals surface area contributed by atoms with Gasteiger partial charge in [-0.3, -0.25) is 0 Å². The van der Waals surface area contributed by atoms with Crippen LogP contribution in [0.2, 0.25) is 0 Å². The Morgan fingerprint density at radius 2 is 2.29 bits per heavy atom. The summed E-state index contributed by atoms with van der Waals surface area (Å²) in [5, 5.41) is 9.16. The van der Waals surface area contributed by atoms with Crippen molar-refractivity contribution in [3.05, 3.63) is 35.4 Å². The Labute approximate surface area is 107 Å². The predicted octanol–water partition coefficient (Wildman–Crippen LogP) is 2.88. The number of rotatable bonds is 4. The van der Waals surface area contributed by atoms with Gasteiger partial charge < -0.3 is 5.11 Å². The number of benzene rings is 1. The Balaban J connectivity index is 2.23. The maximum atomic E-state index is 13.0. The summed E-state index contributed by atoms with van der Waals surface area (Å²) >= 11 is 2.72. The second kappa shape index (κ2) is 5.57. The minimum atomic E-state index is -0.343. The van der Waals surface area contributed by atoms with Crippen molar-refractivity contribution in [3.63, 3.8) is 0 Å². The van der Waals surface area contributed by atoms with Crippen LogP contribution in [0.5, 0.6) is 0 Å². The molecule has 0 amide bonds. The van der Waals surface area contributed by atoms with Crippen molar-refractivity contribution in [2.45, 2.75) is 29.2 Å². The Morgan fingerprint density at radius 3 is 2.94 bits per heavy atom. The third kappa shape index (κ3) is 3.02. The van der Waals surface area contributed by atoms with Gasteiger partial charge in [0.2, 0.25) is 0 Å². The van der Waals surface area contributed by atoms with Crippen LogP contribution in [-0.2, 0) is 13.0 Å². The maximum Gasteiger partial charge on any atom is 0.174 e. The van der Waals surface area contributed by atoms with Crippen LogP contribution in [0.4, 0.5) is 4.39 Å². The molecular weight excluding hydrogens is 259 g/mol. The van der Waals surface area contributed by atoms with Crippen molar-refractivity contribution >= 4 is 23.3 Å². The lowest BCUT2D eigenvalue weighted by Crippen LogP contribution is -1.89. The molecule has 0 saturated carbocycles. The van der Waals surface area contributed by atoms with E-state index in [1.807, 2.05) is 6.92 Å². The largest absolute Gasteiger partial charge is 0.392 e. The number of aryl methyl sites for hydroxylation is 1. The van der Waals surface area contributed by atoms with Gasteiger partial charge in [-0.25, -0.2) is 9.37 Å². The zero-order valence-electron chi connectivity index (χ0n) is 9.18. The summed E-state index contributed by atoms with van der Waals surface area (Å²) in [5.74, 6) is 0.468. The molecule has 0 aliphatic heterocycles. The topological polar surface area (TPSA) is 46.0 Å². The summed E-state index contributed by atoms with van der Waals surface area (Å²) in [6.45, 7) is 1.81. The van der Waals surface area contributed by atoms with Crippen molar-refractivity contribution in [2.75, 3.05) is 0 Å². The Morgan fingerprint density at radius 1 is 1.47 bits per heavy atom. The van der Waals surface area contributed by atoms with Gasteiger partial charge in [0.1, 0.15) is 11.6 Å². The van der Waals surface area contributed by atoms with E-state index in [4.69, 9.17) is 5.11 Å². The lowest BCUT2D eigenvalue weighted by Gasteiger charge is -2.04. The van der Waals surface area contributed by atoms with Gasteiger partial charge in [-0.1, -0.05) is 18.7 Å². The number of hydrogen-bond acceptors (Lipinski definition) is 5. The Hall–Kier alpha value is -0.980. The highest BCUT2D eigenvalue weighted by molar-refractivity contribution is 8.01. The summed E-state index contributed by atoms with van der Waals surface area (Å²) in [4.78, 5) is 5.13. The molecule has 2 aromatic rings. The van der Waals surface area contributed by atoms with E-state index < -0.39 is 0 Å². The SMILES string of the molecule is CCc1nsc(Sc2ccc(F)cc2CO)n1. The normalized spacial score (nSPS) is 10.8. The first-order chi connectivity index (χ1) is 8.22. The fraction of sp³-hybridized carbons (Fsp3) is 0.273. The fourth-order valence-electron chi connectivity index (χ4n) is 1.29. The lowest BCUT2D eigenvalue weighted by molar-refractivity contribution is 0.278. The highest BCUT2D eigenvalue weighted by Gasteiger charge is 2.09. The molecule has 17 heavy (non-hydrogen) atoms. The maximum absolute atomic E-state index is 13.0. The molecule has 0 aliphatic carbocycles. The number of nitrogens with zero attached hydrogens (tertiary/aromatic N) is 2. The number of aliphatic hydroxyl groups excluding tert-OH is 1. The van der Waals surface area contributed by atoms with Crippen molar-refractivity contribution in [1.82, 2.24) is 9.36 Å². The molecule has 2 rings (SSSR count). The van der Waals surface area contributed by atoms with E-state index >= 15 is 0 Å². The van der Waals surface area contributed by atoms with E-state index in [1.54, 1.807) is 6.07 Å². The van der Waals surface area contributed by atoms with Crippen LogP contribution >= 0.6 is 23.3 Å². The van der Waals surface area contributed by atoms with E-state index in [9.17, 15) is 4.39 Å². The van der Waals surface area contributed by atoms with Gasteiger partial charge in [0.25, 0.3) is 0 Å². The van der Waals surface area contributed by atoms with Crippen LogP contribution in [-0.4, -0.2) is 14.5 Å². The summed E-state index contributed by atoms with van der Waals surface area (Å²) in [5.41, 5.74) is 0.572. The van der Waals surface area contributed by atoms with Crippen LogP contribution in [0.25, 0.3) is 0 Å². The van der Waals surface area contributed by atoms with Crippen molar-refractivity contribution in [1.29, 1.82) is 0 Å². The molecule has 0 saturated heterocycles. The van der Waals surface area contributed by atoms with Crippen molar-refractivity contribution in [2.24, 2.45) is 0 Å². The number of halogens is 1. The van der Waals surface area contributed by atoms with E-state index in [0.717, 1.165) is 21.5 Å². The summed E-state index contributed by atoms with van der Waals surface area (Å²) in [6.07, 6.45) is 0.799. The second-order valence-electron chi connectivity index (χ2n) is 3.34. The highest BCUT2D eigenvalue weighted by atomic mass is 32.2. The van der Waals surface area contributed by atoms with Crippen LogP contribution in [0.1, 0.15) is 18.3 Å². The molecule has 0 spiro atoms. The number of aliphatic hydroxyl groups is 1. The average molecular weight is 270 g/mol. The van der Waals surface area contributed by atoms with Crippen molar-refractivity contribution < 1.29 is 9.50 Å². The molecule has 0 fully saturated rings. The third-order valence-electron chi connectivity index (χ3n) is 2.16. The molecule has 3 nitrogen and oxygen atoms in total. The molecule has 0 bridgehead atoms. The molecule has 1 aromatic heterocycles. The van der Waals surface area contributed by atoms with Crippen LogP contribution in [0.3, 0.4) is 0 Å². The standard InChI is InChI=1S/C11H11FN2OS2/c1-2-10-13-11(17-14-10)16-9-4-3-8(12)5-7(9)6-15/h3-5,15H,2,6H2,1H3. The van der Waals surface area contributed by atoms with Gasteiger partial charge in [0.05, 0.1) is 6.61 Å². The minimum absolute atomic E-state index is 0.181. The van der Waals surface area contributed by atoms with Gasteiger partial charge in [0.15, 0.2) is 4.34 Å². The van der Waals surface area contributed by atoms with E-state index in [1.165, 1.54) is 35.4 Å². The molecule has 0 aliphatic rings. The molecule has 1 heterocycles. The molecule has 1 N–H and O–H groups in total. The molecule has 1 aromatic carbocycles. The monoisotopic (exact) mass is 270 g/mol. The first-order valence-corrected chi connectivity index (χ1v) is 6.71. The number of aromatic nitrogens is 2. The van der Waals surface area contributed by atoms with Gasteiger partial charge in [-0.2, -0.15) is 4.37 Å². The predicted molar refractivity (Wildman–Crippen MR) is 65.7 cm³/mol. The van der Waals surface area contributed by atoms with Gasteiger partial charge in [-0.15, -0.1) is 0 Å². The number of hydrogen-bond donors (Lipinski definition) is 1. The quantitative estimate of drug-likeness (QED) is 0.928. The summed E-state index contributed by atoms with van der Waals surface area (Å²) < 4.78 is 18.0. The van der Waals surface area contributed by atoms with Gasteiger partial charge in [-0.05, 0) is 35.3 Å². The summed E-state index contributed by atoms with van der Waals surface area (Å²) in [7, 11) is 0.